The predicted octanol–water partition coefficient (Wildman–Crippen LogP) is 1.56. The third kappa shape index (κ3) is 3.82. The summed E-state index contributed by atoms with van der Waals surface area (Å²) >= 11 is 0. The molecule has 0 saturated carbocycles. The van der Waals surface area contributed by atoms with Gasteiger partial charge in [-0.25, -0.2) is 4.79 Å². The highest BCUT2D eigenvalue weighted by Gasteiger charge is 2.43. The molecule has 0 unspecified atom stereocenters. The van der Waals surface area contributed by atoms with E-state index in [4.69, 9.17) is 0 Å². The summed E-state index contributed by atoms with van der Waals surface area (Å²) in [6.45, 7) is 6.83. The largest absolute Gasteiger partial charge is 0.354 e. The molecule has 3 rings (SSSR count). The lowest BCUT2D eigenvalue weighted by Gasteiger charge is -2.31. The summed E-state index contributed by atoms with van der Waals surface area (Å²) in [5.41, 5.74) is 3.16. The van der Waals surface area contributed by atoms with Gasteiger partial charge in [-0.05, 0) is 18.4 Å². The molecule has 0 aliphatic carbocycles. The lowest BCUT2D eigenvalue weighted by atomic mass is 9.95. The molecule has 0 radical (unpaired) electrons. The predicted molar refractivity (Wildman–Crippen MR) is 102 cm³/mol. The van der Waals surface area contributed by atoms with Crippen LogP contribution < -0.4 is 10.6 Å². The van der Waals surface area contributed by atoms with Gasteiger partial charge in [-0.3, -0.25) is 14.5 Å². The molecule has 1 aromatic carbocycles. The molecule has 2 heterocycles. The topological polar surface area (TPSA) is 81.8 Å². The average molecular weight is 370 g/mol. The molecule has 27 heavy (non-hydrogen) atoms. The number of aryl methyl sites for hydroxylation is 1. The van der Waals surface area contributed by atoms with Gasteiger partial charge < -0.3 is 15.5 Å². The van der Waals surface area contributed by atoms with Crippen LogP contribution in [0, 0.1) is 12.8 Å². The maximum Gasteiger partial charge on any atom is 0.322 e. The van der Waals surface area contributed by atoms with E-state index >= 15 is 0 Å². The van der Waals surface area contributed by atoms with E-state index in [2.05, 4.69) is 10.6 Å². The van der Waals surface area contributed by atoms with Crippen LogP contribution in [-0.4, -0.2) is 54.3 Å². The number of carbonyl (C=O) groups is 3. The molecule has 7 nitrogen and oxygen atoms in total. The van der Waals surface area contributed by atoms with Gasteiger partial charge in [-0.1, -0.05) is 43.7 Å². The molecule has 0 aromatic heterocycles. The Morgan fingerprint density at radius 2 is 1.93 bits per heavy atom. The first-order valence-electron chi connectivity index (χ1n) is 9.17. The van der Waals surface area contributed by atoms with Crippen molar-refractivity contribution in [2.75, 3.05) is 26.7 Å². The summed E-state index contributed by atoms with van der Waals surface area (Å²) < 4.78 is 0. The Kier molecular flexibility index (Phi) is 5.21. The summed E-state index contributed by atoms with van der Waals surface area (Å²) in [5.74, 6) is -0.0544. The highest BCUT2D eigenvalue weighted by atomic mass is 16.2. The van der Waals surface area contributed by atoms with Crippen LogP contribution in [0.25, 0.3) is 0 Å². The molecular weight excluding hydrogens is 344 g/mol. The molecule has 1 atom stereocenters. The second-order valence-corrected chi connectivity index (χ2v) is 7.57. The fraction of sp³-hybridized carbons (Fsp3) is 0.450. The maximum absolute atomic E-state index is 13.0. The number of benzene rings is 1. The van der Waals surface area contributed by atoms with Gasteiger partial charge in [-0.2, -0.15) is 0 Å². The number of likely N-dealkylation sites (N-methyl/N-ethyl adjacent to an activating group) is 1. The van der Waals surface area contributed by atoms with Crippen molar-refractivity contribution in [2.24, 2.45) is 5.92 Å². The van der Waals surface area contributed by atoms with Gasteiger partial charge in [0, 0.05) is 13.6 Å². The molecule has 2 aliphatic rings. The van der Waals surface area contributed by atoms with Crippen LogP contribution in [0.2, 0.25) is 0 Å². The van der Waals surface area contributed by atoms with E-state index in [-0.39, 0.29) is 30.9 Å². The lowest BCUT2D eigenvalue weighted by molar-refractivity contribution is -0.132. The quantitative estimate of drug-likeness (QED) is 0.825. The van der Waals surface area contributed by atoms with Gasteiger partial charge in [0.25, 0.3) is 5.91 Å². The molecule has 0 fully saturated rings. The van der Waals surface area contributed by atoms with E-state index in [1.807, 2.05) is 45.0 Å². The van der Waals surface area contributed by atoms with E-state index in [9.17, 15) is 14.4 Å². The van der Waals surface area contributed by atoms with Crippen LogP contribution in [-0.2, 0) is 9.59 Å². The summed E-state index contributed by atoms with van der Waals surface area (Å²) in [5, 5.41) is 5.73. The molecule has 144 valence electrons. The first-order valence-corrected chi connectivity index (χ1v) is 9.17. The zero-order valence-corrected chi connectivity index (χ0v) is 16.2. The van der Waals surface area contributed by atoms with Crippen LogP contribution >= 0.6 is 0 Å². The summed E-state index contributed by atoms with van der Waals surface area (Å²) in [6, 6.07) is 7.00. The van der Waals surface area contributed by atoms with Crippen molar-refractivity contribution >= 4 is 17.8 Å². The molecule has 4 amide bonds. The number of amides is 4. The first kappa shape index (κ1) is 18.9. The van der Waals surface area contributed by atoms with Gasteiger partial charge in [0.1, 0.15) is 6.54 Å². The number of carbonyl (C=O) groups excluding carboxylic acids is 3. The number of hydrogen-bond donors (Lipinski definition) is 2. The van der Waals surface area contributed by atoms with Crippen molar-refractivity contribution < 1.29 is 14.4 Å². The third-order valence-electron chi connectivity index (χ3n) is 4.89. The Labute approximate surface area is 159 Å². The number of urea groups is 1. The second-order valence-electron chi connectivity index (χ2n) is 7.57. The van der Waals surface area contributed by atoms with Crippen LogP contribution in [0.15, 0.2) is 35.5 Å². The highest BCUT2D eigenvalue weighted by molar-refractivity contribution is 6.02. The normalized spacial score (nSPS) is 19.5. The van der Waals surface area contributed by atoms with Crippen LogP contribution in [0.3, 0.4) is 0 Å². The average Bonchev–Trinajstić information content (AvgIpc) is 2.94. The van der Waals surface area contributed by atoms with Crippen molar-refractivity contribution in [1.29, 1.82) is 0 Å². The minimum absolute atomic E-state index is 0.0127. The van der Waals surface area contributed by atoms with E-state index in [1.54, 1.807) is 7.05 Å². The van der Waals surface area contributed by atoms with Crippen molar-refractivity contribution in [2.45, 2.75) is 26.8 Å². The van der Waals surface area contributed by atoms with Crippen LogP contribution in [0.4, 0.5) is 4.79 Å². The fourth-order valence-corrected chi connectivity index (χ4v) is 3.31. The standard InChI is InChI=1S/C20H26N4O3/c1-12(2)9-21-16(25)11-24-10-15-17(19(24)26)18(22-20(27)23(15)4)14-7-5-13(3)6-8-14/h5-8,12,18H,9-11H2,1-4H3,(H,21,25)(H,22,27)/t18-/m1/s1. The Morgan fingerprint density at radius 1 is 1.26 bits per heavy atom. The Balaban J connectivity index is 1.82. The zero-order valence-electron chi connectivity index (χ0n) is 16.2. The Morgan fingerprint density at radius 3 is 2.56 bits per heavy atom. The van der Waals surface area contributed by atoms with Crippen molar-refractivity contribution in [3.8, 4) is 0 Å². The van der Waals surface area contributed by atoms with Gasteiger partial charge in [-0.15, -0.1) is 0 Å². The molecule has 2 N–H and O–H groups in total. The molecule has 2 aliphatic heterocycles. The van der Waals surface area contributed by atoms with Gasteiger partial charge in [0.2, 0.25) is 5.91 Å². The lowest BCUT2D eigenvalue weighted by Crippen LogP contribution is -2.45. The number of nitrogens with one attached hydrogen (secondary N) is 2. The van der Waals surface area contributed by atoms with Crippen LogP contribution in [0.5, 0.6) is 0 Å². The maximum atomic E-state index is 13.0. The van der Waals surface area contributed by atoms with Crippen molar-refractivity contribution in [1.82, 2.24) is 20.4 Å². The van der Waals surface area contributed by atoms with E-state index in [0.717, 1.165) is 11.1 Å². The molecule has 1 aromatic rings. The second kappa shape index (κ2) is 7.42. The number of nitrogens with zero attached hydrogens (tertiary/aromatic N) is 2. The summed E-state index contributed by atoms with van der Waals surface area (Å²) in [7, 11) is 1.64. The summed E-state index contributed by atoms with van der Waals surface area (Å²) in [4.78, 5) is 40.5. The molecular formula is C20H26N4O3. The van der Waals surface area contributed by atoms with Gasteiger partial charge >= 0.3 is 6.03 Å². The van der Waals surface area contributed by atoms with Gasteiger partial charge in [0.05, 0.1) is 23.9 Å². The minimum Gasteiger partial charge on any atom is -0.354 e. The van der Waals surface area contributed by atoms with E-state index < -0.39 is 6.04 Å². The van der Waals surface area contributed by atoms with E-state index in [1.165, 1.54) is 9.80 Å². The van der Waals surface area contributed by atoms with Crippen molar-refractivity contribution in [3.05, 3.63) is 46.7 Å². The Bertz CT molecular complexity index is 798. The molecule has 0 bridgehead atoms. The van der Waals surface area contributed by atoms with Crippen molar-refractivity contribution in [3.63, 3.8) is 0 Å². The van der Waals surface area contributed by atoms with Gasteiger partial charge in [0.15, 0.2) is 0 Å². The molecule has 7 heteroatoms. The molecule has 0 saturated heterocycles. The number of hydrogen-bond acceptors (Lipinski definition) is 3. The summed E-state index contributed by atoms with van der Waals surface area (Å²) in [6.07, 6.45) is 0. The Hall–Kier alpha value is -2.83. The SMILES string of the molecule is Cc1ccc([C@H]2NC(=O)N(C)C3=C2C(=O)N(CC(=O)NCC(C)C)C3)cc1. The fourth-order valence-electron chi connectivity index (χ4n) is 3.31. The smallest absolute Gasteiger partial charge is 0.322 e. The van der Waals surface area contributed by atoms with E-state index in [0.29, 0.717) is 23.7 Å². The highest BCUT2D eigenvalue weighted by Crippen LogP contribution is 2.35. The number of rotatable bonds is 5. The first-order chi connectivity index (χ1) is 12.8. The minimum atomic E-state index is -0.500. The molecule has 0 spiro atoms. The van der Waals surface area contributed by atoms with Crippen LogP contribution in [0.1, 0.15) is 31.0 Å². The zero-order chi connectivity index (χ0) is 19.7. The third-order valence-corrected chi connectivity index (χ3v) is 4.89. The monoisotopic (exact) mass is 370 g/mol.